The molecule has 0 saturated carbocycles. The molecule has 0 bridgehead atoms. The van der Waals surface area contributed by atoms with Crippen LogP contribution in [-0.4, -0.2) is 68.2 Å². The maximum Gasteiger partial charge on any atom is 0.188 e. The van der Waals surface area contributed by atoms with E-state index in [0.29, 0.717) is 12.5 Å². The van der Waals surface area contributed by atoms with E-state index in [1.54, 1.807) is 0 Å². The molecule has 6 nitrogen and oxygen atoms in total. The number of hydrogen-bond acceptors (Lipinski definition) is 4. The SMILES string of the molecule is NC(=NCc1ccc(CN2CCCC2)cc1)NCCCN1CCOCC1. The summed E-state index contributed by atoms with van der Waals surface area (Å²) in [5.74, 6) is 0.535. The molecule has 0 aliphatic carbocycles. The Hall–Kier alpha value is -1.63. The van der Waals surface area contributed by atoms with E-state index < -0.39 is 0 Å². The summed E-state index contributed by atoms with van der Waals surface area (Å²) in [6.07, 6.45) is 3.75. The van der Waals surface area contributed by atoms with Gasteiger partial charge in [-0.2, -0.15) is 0 Å². The number of aliphatic imine (C=N–C) groups is 1. The van der Waals surface area contributed by atoms with Crippen LogP contribution in [0, 0.1) is 0 Å². The fourth-order valence-corrected chi connectivity index (χ4v) is 3.53. The number of benzene rings is 1. The third-order valence-electron chi connectivity index (χ3n) is 5.12. The third kappa shape index (κ3) is 6.59. The highest BCUT2D eigenvalue weighted by Gasteiger charge is 2.11. The third-order valence-corrected chi connectivity index (χ3v) is 5.12. The molecule has 0 spiro atoms. The Balaban J connectivity index is 1.32. The highest BCUT2D eigenvalue weighted by Crippen LogP contribution is 2.13. The van der Waals surface area contributed by atoms with Gasteiger partial charge in [-0.25, -0.2) is 4.99 Å². The van der Waals surface area contributed by atoms with E-state index in [1.165, 1.54) is 37.1 Å². The standard InChI is InChI=1S/C20H33N5O/c21-20(22-8-3-11-24-12-14-26-15-13-24)23-16-18-4-6-19(7-5-18)17-25-9-1-2-10-25/h4-7H,1-3,8-17H2,(H3,21,22,23). The molecule has 3 N–H and O–H groups in total. The van der Waals surface area contributed by atoms with Crippen molar-refractivity contribution in [2.24, 2.45) is 10.7 Å². The van der Waals surface area contributed by atoms with E-state index in [2.05, 4.69) is 44.4 Å². The largest absolute Gasteiger partial charge is 0.379 e. The van der Waals surface area contributed by atoms with Crippen LogP contribution in [0.5, 0.6) is 0 Å². The van der Waals surface area contributed by atoms with E-state index in [4.69, 9.17) is 10.5 Å². The second-order valence-corrected chi connectivity index (χ2v) is 7.24. The first-order valence-electron chi connectivity index (χ1n) is 9.94. The van der Waals surface area contributed by atoms with Crippen LogP contribution < -0.4 is 11.1 Å². The average molecular weight is 360 g/mol. The molecule has 1 aromatic rings. The minimum atomic E-state index is 0.535. The van der Waals surface area contributed by atoms with Gasteiger partial charge in [0.15, 0.2) is 5.96 Å². The zero-order valence-corrected chi connectivity index (χ0v) is 15.8. The predicted octanol–water partition coefficient (Wildman–Crippen LogP) is 1.41. The lowest BCUT2D eigenvalue weighted by Gasteiger charge is -2.26. The Bertz CT molecular complexity index is 548. The number of rotatable bonds is 8. The van der Waals surface area contributed by atoms with Gasteiger partial charge < -0.3 is 15.8 Å². The molecule has 0 unspecified atom stereocenters. The Morgan fingerprint density at radius 1 is 1.00 bits per heavy atom. The molecule has 0 amide bonds. The van der Waals surface area contributed by atoms with Crippen molar-refractivity contribution in [3.63, 3.8) is 0 Å². The second kappa shape index (κ2) is 10.5. The summed E-state index contributed by atoms with van der Waals surface area (Å²) in [5, 5.41) is 3.22. The van der Waals surface area contributed by atoms with E-state index in [-0.39, 0.29) is 0 Å². The zero-order chi connectivity index (χ0) is 18.0. The Labute approximate surface area is 157 Å². The zero-order valence-electron chi connectivity index (χ0n) is 15.8. The summed E-state index contributed by atoms with van der Waals surface area (Å²) in [7, 11) is 0. The van der Waals surface area contributed by atoms with Gasteiger partial charge >= 0.3 is 0 Å². The van der Waals surface area contributed by atoms with E-state index in [0.717, 1.165) is 52.4 Å². The predicted molar refractivity (Wildman–Crippen MR) is 106 cm³/mol. The van der Waals surface area contributed by atoms with E-state index in [9.17, 15) is 0 Å². The van der Waals surface area contributed by atoms with Crippen molar-refractivity contribution in [3.8, 4) is 0 Å². The van der Waals surface area contributed by atoms with Gasteiger partial charge in [-0.1, -0.05) is 24.3 Å². The van der Waals surface area contributed by atoms with Gasteiger partial charge in [-0.15, -0.1) is 0 Å². The minimum Gasteiger partial charge on any atom is -0.379 e. The molecule has 1 aromatic carbocycles. The quantitative estimate of drug-likeness (QED) is 0.417. The lowest BCUT2D eigenvalue weighted by molar-refractivity contribution is 0.0376. The summed E-state index contributed by atoms with van der Waals surface area (Å²) in [6, 6.07) is 8.77. The first-order chi connectivity index (χ1) is 12.8. The molecule has 2 saturated heterocycles. The number of hydrogen-bond donors (Lipinski definition) is 2. The molecule has 6 heteroatoms. The Morgan fingerprint density at radius 3 is 2.42 bits per heavy atom. The van der Waals surface area contributed by atoms with Gasteiger partial charge in [-0.05, 0) is 50.0 Å². The van der Waals surface area contributed by atoms with E-state index in [1.807, 2.05) is 0 Å². The maximum absolute atomic E-state index is 5.98. The Morgan fingerprint density at radius 2 is 1.69 bits per heavy atom. The molecule has 0 atom stereocenters. The highest BCUT2D eigenvalue weighted by molar-refractivity contribution is 5.77. The van der Waals surface area contributed by atoms with Crippen LogP contribution in [0.1, 0.15) is 30.4 Å². The van der Waals surface area contributed by atoms with Crippen LogP contribution in [0.4, 0.5) is 0 Å². The highest BCUT2D eigenvalue weighted by atomic mass is 16.5. The number of guanidine groups is 1. The average Bonchev–Trinajstić information content (AvgIpc) is 3.19. The van der Waals surface area contributed by atoms with Crippen molar-refractivity contribution in [1.29, 1.82) is 0 Å². The smallest absolute Gasteiger partial charge is 0.188 e. The fourth-order valence-electron chi connectivity index (χ4n) is 3.53. The number of likely N-dealkylation sites (tertiary alicyclic amines) is 1. The first kappa shape index (κ1) is 19.1. The van der Waals surface area contributed by atoms with Crippen molar-refractivity contribution < 1.29 is 4.74 Å². The van der Waals surface area contributed by atoms with Crippen LogP contribution in [0.15, 0.2) is 29.3 Å². The van der Waals surface area contributed by atoms with Crippen molar-refractivity contribution in [3.05, 3.63) is 35.4 Å². The lowest BCUT2D eigenvalue weighted by atomic mass is 10.1. The minimum absolute atomic E-state index is 0.535. The molecular formula is C20H33N5O. The van der Waals surface area contributed by atoms with Crippen LogP contribution in [0.2, 0.25) is 0 Å². The molecule has 2 fully saturated rings. The Kier molecular flexibility index (Phi) is 7.73. The summed E-state index contributed by atoms with van der Waals surface area (Å²) in [5.41, 5.74) is 8.56. The monoisotopic (exact) mass is 359 g/mol. The number of nitrogens with one attached hydrogen (secondary N) is 1. The maximum atomic E-state index is 5.98. The van der Waals surface area contributed by atoms with Crippen LogP contribution in [-0.2, 0) is 17.8 Å². The van der Waals surface area contributed by atoms with Gasteiger partial charge in [-0.3, -0.25) is 9.80 Å². The van der Waals surface area contributed by atoms with Gasteiger partial charge in [0.1, 0.15) is 0 Å². The summed E-state index contributed by atoms with van der Waals surface area (Å²) < 4.78 is 5.36. The van der Waals surface area contributed by atoms with Gasteiger partial charge in [0, 0.05) is 26.2 Å². The van der Waals surface area contributed by atoms with Gasteiger partial charge in [0.2, 0.25) is 0 Å². The van der Waals surface area contributed by atoms with E-state index >= 15 is 0 Å². The van der Waals surface area contributed by atoms with Gasteiger partial charge in [0.25, 0.3) is 0 Å². The lowest BCUT2D eigenvalue weighted by Crippen LogP contribution is -2.39. The molecule has 26 heavy (non-hydrogen) atoms. The number of nitrogens with two attached hydrogens (primary N) is 1. The normalized spacial score (nSPS) is 19.8. The molecule has 0 radical (unpaired) electrons. The topological polar surface area (TPSA) is 66.1 Å². The van der Waals surface area contributed by atoms with Crippen molar-refractivity contribution in [1.82, 2.24) is 15.1 Å². The van der Waals surface area contributed by atoms with Crippen LogP contribution >= 0.6 is 0 Å². The number of morpholine rings is 1. The second-order valence-electron chi connectivity index (χ2n) is 7.24. The summed E-state index contributed by atoms with van der Waals surface area (Å²) in [6.45, 7) is 9.90. The first-order valence-corrected chi connectivity index (χ1v) is 9.94. The molecule has 2 aliphatic rings. The molecule has 2 heterocycles. The molecule has 144 valence electrons. The van der Waals surface area contributed by atoms with Crippen molar-refractivity contribution in [2.75, 3.05) is 52.5 Å². The number of nitrogens with zero attached hydrogens (tertiary/aromatic N) is 3. The molecular weight excluding hydrogens is 326 g/mol. The fraction of sp³-hybridized carbons (Fsp3) is 0.650. The summed E-state index contributed by atoms with van der Waals surface area (Å²) >= 11 is 0. The number of ether oxygens (including phenoxy) is 1. The summed E-state index contributed by atoms with van der Waals surface area (Å²) in [4.78, 5) is 9.40. The van der Waals surface area contributed by atoms with Crippen molar-refractivity contribution in [2.45, 2.75) is 32.4 Å². The molecule has 0 aromatic heterocycles. The van der Waals surface area contributed by atoms with Gasteiger partial charge in [0.05, 0.1) is 19.8 Å². The van der Waals surface area contributed by atoms with Crippen LogP contribution in [0.25, 0.3) is 0 Å². The molecule has 3 rings (SSSR count). The van der Waals surface area contributed by atoms with Crippen LogP contribution in [0.3, 0.4) is 0 Å². The van der Waals surface area contributed by atoms with Crippen molar-refractivity contribution >= 4 is 5.96 Å². The molecule has 2 aliphatic heterocycles.